The van der Waals surface area contributed by atoms with Crippen LogP contribution in [0.4, 0.5) is 0 Å². The minimum absolute atomic E-state index is 0.785. The zero-order valence-electron chi connectivity index (χ0n) is 8.68. The molecular weight excluding hydrogens is 156 g/mol. The van der Waals surface area contributed by atoms with E-state index in [1.165, 1.54) is 5.92 Å². The average molecular weight is 176 g/mol. The second-order valence-electron chi connectivity index (χ2n) is 6.90. The van der Waals surface area contributed by atoms with E-state index in [0.29, 0.717) is 0 Å². The zero-order chi connectivity index (χ0) is 8.68. The Labute approximate surface area is 81.1 Å². The highest BCUT2D eigenvalue weighted by atomic mass is 14.7. The predicted octanol–water partition coefficient (Wildman–Crippen LogP) is 3.61. The Morgan fingerprint density at radius 2 is 1.69 bits per heavy atom. The van der Waals surface area contributed by atoms with Crippen LogP contribution >= 0.6 is 0 Å². The Bertz CT molecular complexity index is 267. The van der Waals surface area contributed by atoms with Gasteiger partial charge in [0.05, 0.1) is 0 Å². The first kappa shape index (κ1) is 7.31. The number of hydrogen-bond acceptors (Lipinski definition) is 0. The molecule has 0 aliphatic heterocycles. The van der Waals surface area contributed by atoms with Crippen LogP contribution in [-0.4, -0.2) is 0 Å². The van der Waals surface area contributed by atoms with Gasteiger partial charge in [-0.15, -0.1) is 0 Å². The molecule has 13 heavy (non-hydrogen) atoms. The van der Waals surface area contributed by atoms with Crippen LogP contribution in [0, 0.1) is 28.6 Å². The van der Waals surface area contributed by atoms with Gasteiger partial charge in [0.2, 0.25) is 0 Å². The lowest BCUT2D eigenvalue weighted by molar-refractivity contribution is 0.107. The third kappa shape index (κ3) is 0.750. The highest BCUT2D eigenvalue weighted by molar-refractivity contribution is 5.17. The molecule has 6 rings (SSSR count). The standard InChI is InChI=1S/C13H20/c1-12-4-9-2-3-10(6-12)13(5-9)8-11(13)7-12/h9-11H,2-8H2,1H3. The topological polar surface area (TPSA) is 0 Å². The van der Waals surface area contributed by atoms with E-state index in [2.05, 4.69) is 6.92 Å². The molecular formula is C13H20. The molecule has 0 heterocycles. The maximum atomic E-state index is 2.59. The first-order valence-corrected chi connectivity index (χ1v) is 6.20. The van der Waals surface area contributed by atoms with E-state index in [-0.39, 0.29) is 0 Å². The third-order valence-electron chi connectivity index (χ3n) is 5.94. The van der Waals surface area contributed by atoms with Gasteiger partial charge in [-0.1, -0.05) is 13.3 Å². The number of hydrogen-bond donors (Lipinski definition) is 0. The molecule has 0 saturated heterocycles. The number of rotatable bonds is 0. The first-order valence-electron chi connectivity index (χ1n) is 6.20. The van der Waals surface area contributed by atoms with E-state index in [1.54, 1.807) is 44.9 Å². The van der Waals surface area contributed by atoms with Crippen LogP contribution in [0.1, 0.15) is 51.9 Å². The van der Waals surface area contributed by atoms with Crippen LogP contribution in [-0.2, 0) is 0 Å². The summed E-state index contributed by atoms with van der Waals surface area (Å²) in [5.41, 5.74) is 1.71. The van der Waals surface area contributed by atoms with Gasteiger partial charge in [0.1, 0.15) is 0 Å². The van der Waals surface area contributed by atoms with Crippen LogP contribution in [0.3, 0.4) is 0 Å². The summed E-state index contributed by atoms with van der Waals surface area (Å²) >= 11 is 0. The van der Waals surface area contributed by atoms with Crippen molar-refractivity contribution in [1.82, 2.24) is 0 Å². The summed E-state index contributed by atoms with van der Waals surface area (Å²) in [6.45, 7) is 2.59. The smallest absolute Gasteiger partial charge is 0.0235 e. The normalized spacial score (nSPS) is 67.6. The second-order valence-corrected chi connectivity index (χ2v) is 6.90. The van der Waals surface area contributed by atoms with Gasteiger partial charge in [0, 0.05) is 0 Å². The molecule has 0 heteroatoms. The van der Waals surface area contributed by atoms with E-state index >= 15 is 0 Å². The summed E-state index contributed by atoms with van der Waals surface area (Å²) in [6, 6.07) is 0. The first-order chi connectivity index (χ1) is 6.20. The van der Waals surface area contributed by atoms with Crippen molar-refractivity contribution in [3.8, 4) is 0 Å². The SMILES string of the molecule is CC12CC3CCC(C1)C1(C3)CC1C2. The highest BCUT2D eigenvalue weighted by Crippen LogP contribution is 2.76. The molecule has 6 fully saturated rings. The van der Waals surface area contributed by atoms with Gasteiger partial charge in [0.25, 0.3) is 0 Å². The summed E-state index contributed by atoms with van der Waals surface area (Å²) in [7, 11) is 0. The van der Waals surface area contributed by atoms with Gasteiger partial charge in [-0.25, -0.2) is 0 Å². The molecule has 72 valence electrons. The molecule has 0 N–H and O–H groups in total. The van der Waals surface area contributed by atoms with Crippen LogP contribution in [0.25, 0.3) is 0 Å². The van der Waals surface area contributed by atoms with Gasteiger partial charge in [-0.2, -0.15) is 0 Å². The van der Waals surface area contributed by atoms with Crippen LogP contribution < -0.4 is 0 Å². The van der Waals surface area contributed by atoms with Crippen molar-refractivity contribution in [2.24, 2.45) is 28.6 Å². The van der Waals surface area contributed by atoms with Crippen molar-refractivity contribution in [1.29, 1.82) is 0 Å². The quantitative estimate of drug-likeness (QED) is 0.529. The summed E-state index contributed by atoms with van der Waals surface area (Å²) in [5.74, 6) is 3.48. The van der Waals surface area contributed by atoms with Crippen LogP contribution in [0.5, 0.6) is 0 Å². The Balaban J connectivity index is 1.85. The molecule has 6 saturated carbocycles. The summed E-state index contributed by atoms with van der Waals surface area (Å²) in [6.07, 6.45) is 11.2. The Morgan fingerprint density at radius 1 is 0.846 bits per heavy atom. The molecule has 0 nitrogen and oxygen atoms in total. The predicted molar refractivity (Wildman–Crippen MR) is 53.3 cm³/mol. The molecule has 0 aromatic rings. The summed E-state index contributed by atoms with van der Waals surface area (Å²) < 4.78 is 0. The Morgan fingerprint density at radius 3 is 2.62 bits per heavy atom. The van der Waals surface area contributed by atoms with Crippen molar-refractivity contribution < 1.29 is 0 Å². The summed E-state index contributed by atoms with van der Waals surface area (Å²) in [5, 5.41) is 0. The van der Waals surface area contributed by atoms with Gasteiger partial charge >= 0.3 is 0 Å². The third-order valence-corrected chi connectivity index (χ3v) is 5.94. The van der Waals surface area contributed by atoms with E-state index in [1.807, 2.05) is 0 Å². The van der Waals surface area contributed by atoms with E-state index in [4.69, 9.17) is 0 Å². The van der Waals surface area contributed by atoms with E-state index in [9.17, 15) is 0 Å². The fraction of sp³-hybridized carbons (Fsp3) is 1.00. The number of fused-ring (bicyclic) bond motifs is 1. The Hall–Kier alpha value is 0. The minimum Gasteiger partial charge on any atom is -0.0596 e. The molecule has 0 aromatic carbocycles. The van der Waals surface area contributed by atoms with Crippen molar-refractivity contribution in [2.75, 3.05) is 0 Å². The minimum atomic E-state index is 0.785. The fourth-order valence-corrected chi connectivity index (χ4v) is 5.57. The molecule has 0 amide bonds. The lowest BCUT2D eigenvalue weighted by Gasteiger charge is -2.39. The molecule has 4 bridgehead atoms. The molecule has 1 spiro atoms. The average Bonchev–Trinajstić information content (AvgIpc) is 2.75. The second kappa shape index (κ2) is 1.85. The largest absolute Gasteiger partial charge is 0.0596 e. The van der Waals surface area contributed by atoms with Crippen molar-refractivity contribution in [2.45, 2.75) is 51.9 Å². The van der Waals surface area contributed by atoms with Gasteiger partial charge in [-0.3, -0.25) is 0 Å². The maximum Gasteiger partial charge on any atom is -0.0235 e. The molecule has 5 atom stereocenters. The van der Waals surface area contributed by atoms with Crippen LogP contribution in [0.15, 0.2) is 0 Å². The molecule has 0 aromatic heterocycles. The van der Waals surface area contributed by atoms with Gasteiger partial charge in [0.15, 0.2) is 0 Å². The lowest BCUT2D eigenvalue weighted by atomic mass is 9.66. The van der Waals surface area contributed by atoms with Crippen LogP contribution in [0.2, 0.25) is 0 Å². The molecule has 6 aliphatic carbocycles. The van der Waals surface area contributed by atoms with Gasteiger partial charge in [-0.05, 0) is 67.1 Å². The monoisotopic (exact) mass is 176 g/mol. The van der Waals surface area contributed by atoms with E-state index < -0.39 is 0 Å². The molecule has 0 radical (unpaired) electrons. The highest BCUT2D eigenvalue weighted by Gasteiger charge is 2.67. The van der Waals surface area contributed by atoms with Gasteiger partial charge < -0.3 is 0 Å². The fourth-order valence-electron chi connectivity index (χ4n) is 5.57. The van der Waals surface area contributed by atoms with E-state index in [0.717, 1.165) is 22.7 Å². The zero-order valence-corrected chi connectivity index (χ0v) is 8.68. The molecule has 6 aliphatic rings. The Kier molecular flexibility index (Phi) is 1.04. The summed E-state index contributed by atoms with van der Waals surface area (Å²) in [4.78, 5) is 0. The maximum absolute atomic E-state index is 2.59. The van der Waals surface area contributed by atoms with Crippen molar-refractivity contribution in [3.05, 3.63) is 0 Å². The molecule has 5 unspecified atom stereocenters. The van der Waals surface area contributed by atoms with Crippen molar-refractivity contribution in [3.63, 3.8) is 0 Å². The van der Waals surface area contributed by atoms with Crippen molar-refractivity contribution >= 4 is 0 Å². The lowest BCUT2D eigenvalue weighted by Crippen LogP contribution is -2.30.